The van der Waals surface area contributed by atoms with Gasteiger partial charge in [0.05, 0.1) is 4.92 Å². The molecule has 0 unspecified atom stereocenters. The van der Waals surface area contributed by atoms with Crippen molar-refractivity contribution in [2.75, 3.05) is 6.54 Å². The van der Waals surface area contributed by atoms with E-state index in [1.807, 2.05) is 0 Å². The number of nitro groups is 1. The Morgan fingerprint density at radius 1 is 1.38 bits per heavy atom. The minimum absolute atomic E-state index is 0.0442. The Kier molecular flexibility index (Phi) is 5.45. The van der Waals surface area contributed by atoms with E-state index >= 15 is 0 Å². The van der Waals surface area contributed by atoms with E-state index in [0.717, 1.165) is 16.4 Å². The van der Waals surface area contributed by atoms with E-state index < -0.39 is 42.3 Å². The van der Waals surface area contributed by atoms with Crippen LogP contribution in [0.3, 0.4) is 0 Å². The predicted octanol–water partition coefficient (Wildman–Crippen LogP) is 3.39. The molecular weight excluding hydrogens is 369 g/mol. The molecule has 0 N–H and O–H groups in total. The van der Waals surface area contributed by atoms with Gasteiger partial charge in [-0.25, -0.2) is 8.42 Å². The summed E-state index contributed by atoms with van der Waals surface area (Å²) in [6, 6.07) is 3.98. The number of nitro benzene ring substituents is 1. The first-order chi connectivity index (χ1) is 11.1. The van der Waals surface area contributed by atoms with Crippen LogP contribution in [-0.2, 0) is 10.0 Å². The van der Waals surface area contributed by atoms with Crippen LogP contribution in [0.25, 0.3) is 0 Å². The van der Waals surface area contributed by atoms with Crippen LogP contribution in [0, 0.1) is 10.1 Å². The van der Waals surface area contributed by atoms with Crippen molar-refractivity contribution < 1.29 is 26.5 Å². The molecule has 0 saturated carbocycles. The lowest BCUT2D eigenvalue weighted by atomic mass is 10.2. The number of alkyl halides is 3. The highest BCUT2D eigenvalue weighted by molar-refractivity contribution is 8.00. The summed E-state index contributed by atoms with van der Waals surface area (Å²) in [7, 11) is -4.25. The monoisotopic (exact) mass is 384 g/mol. The third-order valence-corrected chi connectivity index (χ3v) is 6.88. The molecule has 0 aromatic heterocycles. The topological polar surface area (TPSA) is 80.5 Å². The van der Waals surface area contributed by atoms with Gasteiger partial charge < -0.3 is 0 Å². The Hall–Kier alpha value is -1.33. The maximum atomic E-state index is 12.8. The first-order valence-corrected chi connectivity index (χ1v) is 9.39. The molecule has 1 saturated heterocycles. The lowest BCUT2D eigenvalue weighted by Crippen LogP contribution is -2.39. The van der Waals surface area contributed by atoms with Gasteiger partial charge in [0, 0.05) is 23.9 Å². The molecule has 24 heavy (non-hydrogen) atoms. The molecule has 6 nitrogen and oxygen atoms in total. The molecule has 1 aromatic rings. The standard InChI is InChI=1S/C13H15F3N2O4S2/c1-2-9-11(23-13(14,15)16)7-8-17(9)24(21,22)12-6-4-3-5-10(12)18(19)20/h3-6,9,11H,2,7-8H2,1H3/t9-,11-/m0/s1. The van der Waals surface area contributed by atoms with Crippen molar-refractivity contribution >= 4 is 27.5 Å². The smallest absolute Gasteiger partial charge is 0.258 e. The first-order valence-electron chi connectivity index (χ1n) is 7.07. The largest absolute Gasteiger partial charge is 0.442 e. The van der Waals surface area contributed by atoms with E-state index in [-0.39, 0.29) is 31.1 Å². The van der Waals surface area contributed by atoms with Gasteiger partial charge in [0.25, 0.3) is 5.69 Å². The van der Waals surface area contributed by atoms with E-state index in [4.69, 9.17) is 0 Å². The number of nitrogens with zero attached hydrogens (tertiary/aromatic N) is 2. The van der Waals surface area contributed by atoms with E-state index in [2.05, 4.69) is 0 Å². The van der Waals surface area contributed by atoms with Crippen LogP contribution in [0.2, 0.25) is 0 Å². The van der Waals surface area contributed by atoms with Gasteiger partial charge in [0.1, 0.15) is 0 Å². The average Bonchev–Trinajstić information content (AvgIpc) is 2.88. The molecule has 1 heterocycles. The third kappa shape index (κ3) is 3.83. The molecule has 1 fully saturated rings. The summed E-state index contributed by atoms with van der Waals surface area (Å²) in [5.41, 5.74) is -5.05. The van der Waals surface area contributed by atoms with Gasteiger partial charge in [-0.3, -0.25) is 10.1 Å². The van der Waals surface area contributed by atoms with Gasteiger partial charge in [0.2, 0.25) is 10.0 Å². The maximum Gasteiger partial charge on any atom is 0.442 e. The number of halogens is 3. The van der Waals surface area contributed by atoms with Gasteiger partial charge in [-0.2, -0.15) is 17.5 Å². The van der Waals surface area contributed by atoms with Crippen molar-refractivity contribution in [1.82, 2.24) is 4.31 Å². The normalized spacial score (nSPS) is 22.7. The zero-order valence-electron chi connectivity index (χ0n) is 12.6. The third-order valence-electron chi connectivity index (χ3n) is 3.78. The van der Waals surface area contributed by atoms with Gasteiger partial charge in [-0.1, -0.05) is 19.1 Å². The van der Waals surface area contributed by atoms with Crippen molar-refractivity contribution in [3.8, 4) is 0 Å². The Morgan fingerprint density at radius 3 is 2.54 bits per heavy atom. The van der Waals surface area contributed by atoms with E-state index in [9.17, 15) is 31.7 Å². The molecule has 1 aliphatic heterocycles. The van der Waals surface area contributed by atoms with E-state index in [1.54, 1.807) is 6.92 Å². The van der Waals surface area contributed by atoms with Gasteiger partial charge in [-0.05, 0) is 30.7 Å². The highest BCUT2D eigenvalue weighted by Gasteiger charge is 2.46. The Bertz CT molecular complexity index is 724. The second-order valence-corrected chi connectivity index (χ2v) is 8.37. The Balaban J connectivity index is 2.38. The minimum Gasteiger partial charge on any atom is -0.258 e. The molecule has 2 rings (SSSR count). The van der Waals surface area contributed by atoms with Gasteiger partial charge in [0.15, 0.2) is 4.90 Å². The number of thioether (sulfide) groups is 1. The van der Waals surface area contributed by atoms with Crippen LogP contribution in [0.4, 0.5) is 18.9 Å². The molecule has 2 atom stereocenters. The maximum absolute atomic E-state index is 12.8. The molecule has 0 aliphatic carbocycles. The molecule has 1 aliphatic rings. The Morgan fingerprint density at radius 2 is 2.00 bits per heavy atom. The quantitative estimate of drug-likeness (QED) is 0.574. The number of sulfonamides is 1. The number of hydrogen-bond donors (Lipinski definition) is 0. The number of hydrogen-bond acceptors (Lipinski definition) is 5. The zero-order chi connectivity index (χ0) is 18.1. The first kappa shape index (κ1) is 19.0. The van der Waals surface area contributed by atoms with Crippen molar-refractivity contribution in [3.05, 3.63) is 34.4 Å². The van der Waals surface area contributed by atoms with Gasteiger partial charge >= 0.3 is 5.51 Å². The molecule has 0 spiro atoms. The fourth-order valence-electron chi connectivity index (χ4n) is 2.82. The number of rotatable bonds is 5. The van der Waals surface area contributed by atoms with Crippen LogP contribution < -0.4 is 0 Å². The second kappa shape index (κ2) is 6.89. The molecular formula is C13H15F3N2O4S2. The molecule has 1 aromatic carbocycles. The Labute approximate surface area is 141 Å². The van der Waals surface area contributed by atoms with Crippen LogP contribution in [0.15, 0.2) is 29.2 Å². The van der Waals surface area contributed by atoms with Crippen molar-refractivity contribution in [2.45, 2.75) is 41.5 Å². The van der Waals surface area contributed by atoms with E-state index in [0.29, 0.717) is 0 Å². The SMILES string of the molecule is CC[C@H]1[C@@H](SC(F)(F)F)CCN1S(=O)(=O)c1ccccc1[N+](=O)[O-]. The number of para-hydroxylation sites is 1. The minimum atomic E-state index is -4.46. The van der Waals surface area contributed by atoms with Crippen LogP contribution in [-0.4, -0.2) is 41.0 Å². The average molecular weight is 384 g/mol. The summed E-state index contributed by atoms with van der Waals surface area (Å²) in [5.74, 6) is 0. The molecule has 0 bridgehead atoms. The molecule has 0 amide bonds. The summed E-state index contributed by atoms with van der Waals surface area (Å²) < 4.78 is 64.4. The lowest BCUT2D eigenvalue weighted by Gasteiger charge is -2.26. The lowest BCUT2D eigenvalue weighted by molar-refractivity contribution is -0.387. The summed E-state index contributed by atoms with van der Waals surface area (Å²) in [5, 5.41) is 10.1. The van der Waals surface area contributed by atoms with Crippen molar-refractivity contribution in [2.24, 2.45) is 0 Å². The van der Waals surface area contributed by atoms with Crippen LogP contribution >= 0.6 is 11.8 Å². The summed E-state index contributed by atoms with van der Waals surface area (Å²) in [6.45, 7) is 1.50. The predicted molar refractivity (Wildman–Crippen MR) is 83.1 cm³/mol. The fourth-order valence-corrected chi connectivity index (χ4v) is 5.87. The van der Waals surface area contributed by atoms with E-state index in [1.165, 1.54) is 12.1 Å². The van der Waals surface area contributed by atoms with Crippen molar-refractivity contribution in [1.29, 1.82) is 0 Å². The fraction of sp³-hybridized carbons (Fsp3) is 0.538. The second-order valence-electron chi connectivity index (χ2n) is 5.21. The van der Waals surface area contributed by atoms with Crippen molar-refractivity contribution in [3.63, 3.8) is 0 Å². The summed E-state index contributed by atoms with van der Waals surface area (Å²) in [4.78, 5) is 9.75. The molecule has 134 valence electrons. The molecule has 0 radical (unpaired) electrons. The summed E-state index contributed by atoms with van der Waals surface area (Å²) in [6.07, 6.45) is 0.232. The highest BCUT2D eigenvalue weighted by Crippen LogP contribution is 2.43. The number of benzene rings is 1. The zero-order valence-corrected chi connectivity index (χ0v) is 14.2. The summed E-state index contributed by atoms with van der Waals surface area (Å²) >= 11 is -0.217. The van der Waals surface area contributed by atoms with Crippen LogP contribution in [0.1, 0.15) is 19.8 Å². The molecule has 11 heteroatoms. The highest BCUT2D eigenvalue weighted by atomic mass is 32.2. The van der Waals surface area contributed by atoms with Crippen LogP contribution in [0.5, 0.6) is 0 Å². The van der Waals surface area contributed by atoms with Gasteiger partial charge in [-0.15, -0.1) is 0 Å².